The van der Waals surface area contributed by atoms with E-state index < -0.39 is 6.36 Å². The molecule has 1 aromatic rings. The van der Waals surface area contributed by atoms with E-state index in [1.807, 2.05) is 0 Å². The third-order valence-corrected chi connectivity index (χ3v) is 1.56. The molecule has 1 aromatic heterocycles. The summed E-state index contributed by atoms with van der Waals surface area (Å²) < 4.78 is 39.8. The Kier molecular flexibility index (Phi) is 3.34. The van der Waals surface area contributed by atoms with Crippen LogP contribution in [-0.2, 0) is 11.3 Å². The zero-order valence-electron chi connectivity index (χ0n) is 7.29. The molecule has 0 saturated heterocycles. The number of hydrogen-bond donors (Lipinski definition) is 1. The third kappa shape index (κ3) is 3.65. The van der Waals surface area contributed by atoms with E-state index in [2.05, 4.69) is 9.72 Å². The Morgan fingerprint density at radius 1 is 1.50 bits per heavy atom. The van der Waals surface area contributed by atoms with Crippen molar-refractivity contribution < 1.29 is 17.9 Å². The number of alkyl halides is 3. The molecule has 0 aliphatic heterocycles. The molecule has 0 radical (unpaired) electrons. The molecule has 0 atom stereocenters. The van der Waals surface area contributed by atoms with Gasteiger partial charge in [0, 0.05) is 18.9 Å². The average Bonchev–Trinajstić information content (AvgIpc) is 2.44. The van der Waals surface area contributed by atoms with Gasteiger partial charge in [-0.15, -0.1) is 13.2 Å². The van der Waals surface area contributed by atoms with Gasteiger partial charge >= 0.3 is 6.36 Å². The predicted octanol–water partition coefficient (Wildman–Crippen LogP) is 1.39. The molecule has 80 valence electrons. The van der Waals surface area contributed by atoms with E-state index in [9.17, 15) is 13.2 Å². The summed E-state index contributed by atoms with van der Waals surface area (Å²) in [7, 11) is 0. The highest BCUT2D eigenvalue weighted by Gasteiger charge is 2.28. The number of aryl methyl sites for hydroxylation is 1. The van der Waals surface area contributed by atoms with Gasteiger partial charge in [-0.25, -0.2) is 4.98 Å². The number of nitrogen functional groups attached to an aromatic ring is 1. The van der Waals surface area contributed by atoms with Crippen LogP contribution in [0.25, 0.3) is 0 Å². The lowest BCUT2D eigenvalue weighted by atomic mass is 10.4. The van der Waals surface area contributed by atoms with Crippen LogP contribution in [-0.4, -0.2) is 22.5 Å². The van der Waals surface area contributed by atoms with Gasteiger partial charge in [-0.05, 0) is 6.42 Å². The first-order chi connectivity index (χ1) is 6.49. The van der Waals surface area contributed by atoms with E-state index in [0.29, 0.717) is 6.54 Å². The summed E-state index contributed by atoms with van der Waals surface area (Å²) in [6.45, 7) is -0.0109. The van der Waals surface area contributed by atoms with Gasteiger partial charge in [-0.1, -0.05) is 0 Å². The molecule has 0 saturated carbocycles. The van der Waals surface area contributed by atoms with Crippen molar-refractivity contribution in [3.63, 3.8) is 0 Å². The van der Waals surface area contributed by atoms with Crippen LogP contribution in [0.2, 0.25) is 0 Å². The van der Waals surface area contributed by atoms with Gasteiger partial charge in [-0.3, -0.25) is 4.74 Å². The summed E-state index contributed by atoms with van der Waals surface area (Å²) in [5.41, 5.74) is 5.40. The Bertz CT molecular complexity index is 284. The number of nitrogens with two attached hydrogens (primary N) is 1. The minimum Gasteiger partial charge on any atom is -0.369 e. The minimum absolute atomic E-state index is 0.236. The van der Waals surface area contributed by atoms with E-state index in [0.717, 1.165) is 0 Å². The van der Waals surface area contributed by atoms with Crippen LogP contribution >= 0.6 is 0 Å². The van der Waals surface area contributed by atoms with Crippen molar-refractivity contribution in [2.24, 2.45) is 0 Å². The van der Waals surface area contributed by atoms with Gasteiger partial charge in [0.25, 0.3) is 0 Å². The number of halogens is 3. The summed E-state index contributed by atoms with van der Waals surface area (Å²) in [6, 6.07) is 0. The molecule has 7 heteroatoms. The lowest BCUT2D eigenvalue weighted by Gasteiger charge is -2.07. The van der Waals surface area contributed by atoms with E-state index in [1.54, 1.807) is 10.8 Å². The molecule has 0 spiro atoms. The highest BCUT2D eigenvalue weighted by molar-refractivity contribution is 5.16. The lowest BCUT2D eigenvalue weighted by molar-refractivity contribution is -0.324. The van der Waals surface area contributed by atoms with Crippen molar-refractivity contribution in [1.29, 1.82) is 0 Å². The summed E-state index contributed by atoms with van der Waals surface area (Å²) in [6.07, 6.45) is -1.23. The molecule has 1 heterocycles. The average molecular weight is 209 g/mol. The maximum Gasteiger partial charge on any atom is 0.522 e. The normalized spacial score (nSPS) is 11.9. The molecular weight excluding hydrogens is 199 g/mol. The summed E-state index contributed by atoms with van der Waals surface area (Å²) >= 11 is 0. The van der Waals surface area contributed by atoms with E-state index in [1.165, 1.54) is 6.20 Å². The second kappa shape index (κ2) is 4.32. The second-order valence-electron chi connectivity index (χ2n) is 2.63. The molecule has 1 rings (SSSR count). The first-order valence-corrected chi connectivity index (χ1v) is 3.96. The summed E-state index contributed by atoms with van der Waals surface area (Å²) in [5.74, 6) is 0.289. The van der Waals surface area contributed by atoms with Crippen LogP contribution in [0.3, 0.4) is 0 Å². The predicted molar refractivity (Wildman–Crippen MR) is 43.3 cm³/mol. The molecule has 0 aliphatic carbocycles. The van der Waals surface area contributed by atoms with Gasteiger partial charge in [0.1, 0.15) is 0 Å². The SMILES string of the molecule is Nc1nccn1CCCOC(F)(F)F. The molecule has 0 amide bonds. The van der Waals surface area contributed by atoms with Crippen molar-refractivity contribution in [2.75, 3.05) is 12.3 Å². The fourth-order valence-corrected chi connectivity index (χ4v) is 0.953. The molecule has 14 heavy (non-hydrogen) atoms. The van der Waals surface area contributed by atoms with E-state index >= 15 is 0 Å². The summed E-state index contributed by atoms with van der Waals surface area (Å²) in [4.78, 5) is 3.72. The van der Waals surface area contributed by atoms with Crippen LogP contribution in [0.1, 0.15) is 6.42 Å². The number of nitrogens with zero attached hydrogens (tertiary/aromatic N) is 2. The Balaban J connectivity index is 2.20. The highest BCUT2D eigenvalue weighted by atomic mass is 19.4. The maximum absolute atomic E-state index is 11.5. The number of imidazole rings is 1. The maximum atomic E-state index is 11.5. The number of rotatable bonds is 4. The first-order valence-electron chi connectivity index (χ1n) is 3.96. The van der Waals surface area contributed by atoms with Crippen LogP contribution in [0.5, 0.6) is 0 Å². The van der Waals surface area contributed by atoms with Crippen LogP contribution in [0.4, 0.5) is 19.1 Å². The van der Waals surface area contributed by atoms with Gasteiger partial charge in [0.15, 0.2) is 5.95 Å². The topological polar surface area (TPSA) is 53.1 Å². The number of anilines is 1. The molecule has 2 N–H and O–H groups in total. The van der Waals surface area contributed by atoms with E-state index in [-0.39, 0.29) is 19.0 Å². The second-order valence-corrected chi connectivity index (χ2v) is 2.63. The van der Waals surface area contributed by atoms with Crippen molar-refractivity contribution in [1.82, 2.24) is 9.55 Å². The number of aromatic nitrogens is 2. The number of ether oxygens (including phenoxy) is 1. The fourth-order valence-electron chi connectivity index (χ4n) is 0.953. The quantitative estimate of drug-likeness (QED) is 0.762. The first kappa shape index (κ1) is 10.8. The van der Waals surface area contributed by atoms with Crippen LogP contribution in [0, 0.1) is 0 Å². The summed E-state index contributed by atoms with van der Waals surface area (Å²) in [5, 5.41) is 0. The molecular formula is C7H10F3N3O. The van der Waals surface area contributed by atoms with Crippen molar-refractivity contribution >= 4 is 5.95 Å². The Labute approximate surface area is 78.5 Å². The minimum atomic E-state index is -4.56. The van der Waals surface area contributed by atoms with Crippen LogP contribution in [0.15, 0.2) is 12.4 Å². The largest absolute Gasteiger partial charge is 0.522 e. The Morgan fingerprint density at radius 2 is 2.21 bits per heavy atom. The molecule has 0 unspecified atom stereocenters. The van der Waals surface area contributed by atoms with Gasteiger partial charge in [-0.2, -0.15) is 0 Å². The van der Waals surface area contributed by atoms with Crippen molar-refractivity contribution in [3.05, 3.63) is 12.4 Å². The molecule has 0 bridgehead atoms. The van der Waals surface area contributed by atoms with Crippen molar-refractivity contribution in [3.8, 4) is 0 Å². The van der Waals surface area contributed by atoms with Crippen LogP contribution < -0.4 is 5.73 Å². The molecule has 4 nitrogen and oxygen atoms in total. The standard InChI is InChI=1S/C7H10F3N3O/c8-7(9,10)14-5-1-3-13-4-2-12-6(13)11/h2,4H,1,3,5H2,(H2,11,12). The molecule has 0 aliphatic rings. The smallest absolute Gasteiger partial charge is 0.369 e. The zero-order chi connectivity index (χ0) is 10.6. The van der Waals surface area contributed by atoms with Crippen molar-refractivity contribution in [2.45, 2.75) is 19.3 Å². The molecule has 0 aromatic carbocycles. The lowest BCUT2D eigenvalue weighted by Crippen LogP contribution is -2.15. The Morgan fingerprint density at radius 3 is 2.71 bits per heavy atom. The Hall–Kier alpha value is -1.24. The number of hydrogen-bond acceptors (Lipinski definition) is 3. The zero-order valence-corrected chi connectivity index (χ0v) is 7.29. The monoisotopic (exact) mass is 209 g/mol. The fraction of sp³-hybridized carbons (Fsp3) is 0.571. The highest BCUT2D eigenvalue weighted by Crippen LogP contribution is 2.16. The van der Waals surface area contributed by atoms with Gasteiger partial charge < -0.3 is 10.3 Å². The molecule has 0 fully saturated rings. The van der Waals surface area contributed by atoms with Gasteiger partial charge in [0.05, 0.1) is 6.61 Å². The third-order valence-electron chi connectivity index (χ3n) is 1.56. The van der Waals surface area contributed by atoms with E-state index in [4.69, 9.17) is 5.73 Å². The van der Waals surface area contributed by atoms with Gasteiger partial charge in [0.2, 0.25) is 0 Å².